The minimum Gasteiger partial charge on any atom is -0.460 e. The first-order chi connectivity index (χ1) is 17.3. The number of hydrogen-bond acceptors (Lipinski definition) is 6. The summed E-state index contributed by atoms with van der Waals surface area (Å²) in [6.07, 6.45) is 0. The Morgan fingerprint density at radius 3 is 1.31 bits per heavy atom. The molecule has 3 rings (SSSR count). The van der Waals surface area contributed by atoms with Crippen molar-refractivity contribution in [3.05, 3.63) is 106 Å². The number of aryl methyl sites for hydroxylation is 2. The largest absolute Gasteiger partial charge is 0.460 e. The molecule has 0 spiro atoms. The van der Waals surface area contributed by atoms with E-state index in [0.29, 0.717) is 11.1 Å². The Morgan fingerprint density at radius 2 is 0.944 bits per heavy atom. The molecule has 0 unspecified atom stereocenters. The number of nitrogens with one attached hydrogen (secondary N) is 2. The Kier molecular flexibility index (Phi) is 9.33. The molecule has 0 atom stereocenters. The van der Waals surface area contributed by atoms with Crippen molar-refractivity contribution >= 4 is 23.8 Å². The first-order valence-corrected chi connectivity index (χ1v) is 11.4. The van der Waals surface area contributed by atoms with Crippen LogP contribution in [0, 0.1) is 13.8 Å². The van der Waals surface area contributed by atoms with Crippen molar-refractivity contribution in [1.82, 2.24) is 10.6 Å². The van der Waals surface area contributed by atoms with Crippen LogP contribution in [-0.4, -0.2) is 36.8 Å². The van der Waals surface area contributed by atoms with Gasteiger partial charge in [0.05, 0.1) is 0 Å². The smallest absolute Gasteiger partial charge is 0.325 e. The second-order valence-corrected chi connectivity index (χ2v) is 8.13. The van der Waals surface area contributed by atoms with Crippen molar-refractivity contribution in [3.63, 3.8) is 0 Å². The molecule has 3 aromatic rings. The lowest BCUT2D eigenvalue weighted by molar-refractivity contribution is -0.144. The normalized spacial score (nSPS) is 10.3. The van der Waals surface area contributed by atoms with E-state index in [1.165, 1.54) is 0 Å². The van der Waals surface area contributed by atoms with E-state index in [9.17, 15) is 19.2 Å². The lowest BCUT2D eigenvalue weighted by atomic mass is 10.1. The van der Waals surface area contributed by atoms with Gasteiger partial charge in [-0.15, -0.1) is 0 Å². The number of ether oxygens (including phenoxy) is 2. The summed E-state index contributed by atoms with van der Waals surface area (Å²) in [6, 6.07) is 21.2. The molecule has 0 fully saturated rings. The molecule has 2 amide bonds. The van der Waals surface area contributed by atoms with Gasteiger partial charge < -0.3 is 20.1 Å². The first kappa shape index (κ1) is 26.2. The lowest BCUT2D eigenvalue weighted by Crippen LogP contribution is -2.31. The van der Waals surface area contributed by atoms with Crippen molar-refractivity contribution in [2.24, 2.45) is 0 Å². The van der Waals surface area contributed by atoms with Gasteiger partial charge in [0.25, 0.3) is 11.8 Å². The second kappa shape index (κ2) is 12.9. The molecule has 0 heterocycles. The van der Waals surface area contributed by atoms with Crippen LogP contribution in [0.3, 0.4) is 0 Å². The van der Waals surface area contributed by atoms with E-state index in [4.69, 9.17) is 9.47 Å². The van der Waals surface area contributed by atoms with E-state index in [-0.39, 0.29) is 38.1 Å². The highest BCUT2D eigenvalue weighted by Gasteiger charge is 2.12. The monoisotopic (exact) mass is 488 g/mol. The highest BCUT2D eigenvalue weighted by molar-refractivity contribution is 5.97. The zero-order chi connectivity index (χ0) is 25.9. The third kappa shape index (κ3) is 7.80. The maximum Gasteiger partial charge on any atom is 0.325 e. The van der Waals surface area contributed by atoms with Gasteiger partial charge in [-0.25, -0.2) is 0 Å². The Morgan fingerprint density at radius 1 is 0.583 bits per heavy atom. The summed E-state index contributed by atoms with van der Waals surface area (Å²) in [5.41, 5.74) is 4.15. The van der Waals surface area contributed by atoms with Crippen LogP contribution < -0.4 is 10.6 Å². The summed E-state index contributed by atoms with van der Waals surface area (Å²) < 4.78 is 10.4. The number of carbonyl (C=O) groups is 4. The minimum atomic E-state index is -0.553. The fourth-order valence-electron chi connectivity index (χ4n) is 3.31. The Hall–Kier alpha value is -4.46. The van der Waals surface area contributed by atoms with Crippen molar-refractivity contribution in [1.29, 1.82) is 0 Å². The van der Waals surface area contributed by atoms with E-state index in [0.717, 1.165) is 22.3 Å². The fourth-order valence-corrected chi connectivity index (χ4v) is 3.31. The van der Waals surface area contributed by atoms with Gasteiger partial charge in [0.15, 0.2) is 0 Å². The van der Waals surface area contributed by atoms with E-state index in [1.807, 2.05) is 38.1 Å². The van der Waals surface area contributed by atoms with E-state index < -0.39 is 11.9 Å². The maximum atomic E-state index is 12.2. The molecule has 36 heavy (non-hydrogen) atoms. The number of rotatable bonds is 10. The van der Waals surface area contributed by atoms with Gasteiger partial charge >= 0.3 is 11.9 Å². The van der Waals surface area contributed by atoms with Gasteiger partial charge in [0.1, 0.15) is 26.3 Å². The molecule has 0 radical (unpaired) electrons. The van der Waals surface area contributed by atoms with Crippen molar-refractivity contribution in [2.45, 2.75) is 27.1 Å². The van der Waals surface area contributed by atoms with E-state index >= 15 is 0 Å². The van der Waals surface area contributed by atoms with Crippen LogP contribution in [0.2, 0.25) is 0 Å². The van der Waals surface area contributed by atoms with E-state index in [2.05, 4.69) is 10.6 Å². The molecule has 0 aliphatic rings. The average molecular weight is 489 g/mol. The number of hydrogen-bond donors (Lipinski definition) is 2. The molecule has 0 aromatic heterocycles. The van der Waals surface area contributed by atoms with Crippen molar-refractivity contribution < 1.29 is 28.7 Å². The highest BCUT2D eigenvalue weighted by atomic mass is 16.5. The summed E-state index contributed by atoms with van der Waals surface area (Å²) in [5, 5.41) is 5.11. The Labute approximate surface area is 209 Å². The van der Waals surface area contributed by atoms with Crippen LogP contribution in [0.4, 0.5) is 0 Å². The molecule has 3 aromatic carbocycles. The minimum absolute atomic E-state index is 0.0457. The Balaban J connectivity index is 1.35. The summed E-state index contributed by atoms with van der Waals surface area (Å²) in [6.45, 7) is 3.27. The SMILES string of the molecule is Cc1ccccc1C(=O)NCC(=O)OCc1ccc(COC(=O)CNC(=O)c2ccccc2C)cc1. The molecule has 0 aliphatic carbocycles. The van der Waals surface area contributed by atoms with Crippen molar-refractivity contribution in [2.75, 3.05) is 13.1 Å². The number of carbonyl (C=O) groups excluding carboxylic acids is 4. The molecule has 8 heteroatoms. The summed E-state index contributed by atoms with van der Waals surface area (Å²) in [4.78, 5) is 48.3. The molecule has 0 bridgehead atoms. The predicted octanol–water partition coefficient (Wildman–Crippen LogP) is 3.25. The van der Waals surface area contributed by atoms with Gasteiger partial charge in [-0.1, -0.05) is 60.7 Å². The average Bonchev–Trinajstić information content (AvgIpc) is 2.89. The maximum absolute atomic E-state index is 12.2. The quantitative estimate of drug-likeness (QED) is 0.424. The predicted molar refractivity (Wildman–Crippen MR) is 133 cm³/mol. The zero-order valence-electron chi connectivity index (χ0n) is 20.2. The van der Waals surface area contributed by atoms with Crippen LogP contribution in [0.1, 0.15) is 43.0 Å². The standard InChI is InChI=1S/C28H28N2O6/c1-19-7-3-5-9-23(19)27(33)29-15-25(31)35-17-21-11-13-22(14-12-21)18-36-26(32)16-30-28(34)24-10-6-4-8-20(24)2/h3-14H,15-18H2,1-2H3,(H,29,33)(H,30,34). The summed E-state index contributed by atoms with van der Waals surface area (Å²) in [5.74, 6) is -1.78. The second-order valence-electron chi connectivity index (χ2n) is 8.13. The first-order valence-electron chi connectivity index (χ1n) is 11.4. The molecular weight excluding hydrogens is 460 g/mol. The van der Waals surface area contributed by atoms with Gasteiger partial charge in [0, 0.05) is 11.1 Å². The van der Waals surface area contributed by atoms with Crippen LogP contribution in [0.25, 0.3) is 0 Å². The summed E-state index contributed by atoms with van der Waals surface area (Å²) in [7, 11) is 0. The van der Waals surface area contributed by atoms with Crippen molar-refractivity contribution in [3.8, 4) is 0 Å². The topological polar surface area (TPSA) is 111 Å². The highest BCUT2D eigenvalue weighted by Crippen LogP contribution is 2.09. The zero-order valence-corrected chi connectivity index (χ0v) is 20.2. The van der Waals surface area contributed by atoms with Gasteiger partial charge in [-0.05, 0) is 48.2 Å². The van der Waals surface area contributed by atoms with E-state index in [1.54, 1.807) is 48.5 Å². The van der Waals surface area contributed by atoms with Gasteiger partial charge in [0.2, 0.25) is 0 Å². The molecule has 0 saturated heterocycles. The van der Waals surface area contributed by atoms with Crippen LogP contribution >= 0.6 is 0 Å². The molecule has 0 saturated carbocycles. The number of esters is 2. The van der Waals surface area contributed by atoms with Crippen LogP contribution in [0.15, 0.2) is 72.8 Å². The summed E-state index contributed by atoms with van der Waals surface area (Å²) >= 11 is 0. The van der Waals surface area contributed by atoms with Crippen LogP contribution in [-0.2, 0) is 32.3 Å². The van der Waals surface area contributed by atoms with Gasteiger partial charge in [-0.3, -0.25) is 19.2 Å². The van der Waals surface area contributed by atoms with Gasteiger partial charge in [-0.2, -0.15) is 0 Å². The molecular formula is C28H28N2O6. The number of benzene rings is 3. The third-order valence-electron chi connectivity index (χ3n) is 5.39. The number of amides is 2. The molecule has 186 valence electrons. The molecule has 8 nitrogen and oxygen atoms in total. The fraction of sp³-hybridized carbons (Fsp3) is 0.214. The Bertz CT molecular complexity index is 1140. The lowest BCUT2D eigenvalue weighted by Gasteiger charge is -2.09. The molecule has 2 N–H and O–H groups in total. The van der Waals surface area contributed by atoms with Crippen LogP contribution in [0.5, 0.6) is 0 Å². The molecule has 0 aliphatic heterocycles. The third-order valence-corrected chi connectivity index (χ3v) is 5.39.